The second kappa shape index (κ2) is 8.64. The zero-order chi connectivity index (χ0) is 25.7. The van der Waals surface area contributed by atoms with E-state index in [-0.39, 0.29) is 18.0 Å². The van der Waals surface area contributed by atoms with Crippen LogP contribution in [0.15, 0.2) is 79.3 Å². The van der Waals surface area contributed by atoms with Crippen molar-refractivity contribution in [3.63, 3.8) is 0 Å². The molecule has 0 radical (unpaired) electrons. The quantitative estimate of drug-likeness (QED) is 0.339. The lowest BCUT2D eigenvalue weighted by molar-refractivity contribution is -0.119. The molecule has 0 saturated heterocycles. The van der Waals surface area contributed by atoms with Gasteiger partial charge in [-0.25, -0.2) is 0 Å². The van der Waals surface area contributed by atoms with Gasteiger partial charge in [0.05, 0.1) is 40.5 Å². The van der Waals surface area contributed by atoms with Gasteiger partial charge in [0.2, 0.25) is 0 Å². The third kappa shape index (κ3) is 3.97. The highest BCUT2D eigenvalue weighted by atomic mass is 16.3. The van der Waals surface area contributed by atoms with Crippen molar-refractivity contribution in [1.29, 1.82) is 0 Å². The molecule has 1 aliphatic carbocycles. The highest BCUT2D eigenvalue weighted by Crippen LogP contribution is 2.41. The van der Waals surface area contributed by atoms with Crippen molar-refractivity contribution in [2.45, 2.75) is 38.8 Å². The number of ketones is 2. The van der Waals surface area contributed by atoms with Crippen LogP contribution >= 0.6 is 0 Å². The first kappa shape index (κ1) is 23.1. The summed E-state index contributed by atoms with van der Waals surface area (Å²) in [5.41, 5.74) is 3.77. The fourth-order valence-electron chi connectivity index (χ4n) is 5.09. The summed E-state index contributed by atoms with van der Waals surface area (Å²) in [5.74, 6) is -0.430. The number of Topliss-reactive ketones (excluding diaryl/α,β-unsaturated/α-hetero) is 2. The molecular formula is C30H26N4O3. The van der Waals surface area contributed by atoms with Crippen LogP contribution in [-0.2, 0) is 16.1 Å². The second-order valence-electron chi connectivity index (χ2n) is 10.1. The molecule has 0 bridgehead atoms. The number of carbonyl (C=O) groups excluding carboxylic acids is 2. The summed E-state index contributed by atoms with van der Waals surface area (Å²) in [5, 5.41) is 16.8. The van der Waals surface area contributed by atoms with Crippen molar-refractivity contribution in [3.05, 3.63) is 90.5 Å². The number of allylic oxidation sites excluding steroid dienone is 2. The molecular weight excluding hydrogens is 464 g/mol. The van der Waals surface area contributed by atoms with E-state index in [0.29, 0.717) is 35.4 Å². The lowest BCUT2D eigenvalue weighted by Crippen LogP contribution is -2.21. The van der Waals surface area contributed by atoms with Crippen molar-refractivity contribution in [2.75, 3.05) is 0 Å². The van der Waals surface area contributed by atoms with Crippen molar-refractivity contribution >= 4 is 44.5 Å². The van der Waals surface area contributed by atoms with Crippen LogP contribution in [0, 0.1) is 0 Å². The average Bonchev–Trinajstić information content (AvgIpc) is 3.53. The predicted molar refractivity (Wildman–Crippen MR) is 143 cm³/mol. The minimum Gasteiger partial charge on any atom is -0.390 e. The molecule has 1 aliphatic rings. The van der Waals surface area contributed by atoms with E-state index >= 15 is 0 Å². The molecule has 2 aromatic carbocycles. The Kier molecular flexibility index (Phi) is 5.38. The zero-order valence-corrected chi connectivity index (χ0v) is 20.7. The van der Waals surface area contributed by atoms with Crippen molar-refractivity contribution in [2.24, 2.45) is 0 Å². The maximum atomic E-state index is 13.4. The minimum atomic E-state index is -0.856. The van der Waals surface area contributed by atoms with Crippen LogP contribution in [0.1, 0.15) is 37.9 Å². The Morgan fingerprint density at radius 2 is 1.59 bits per heavy atom. The Balaban J connectivity index is 1.60. The number of hydrogen-bond donors (Lipinski definition) is 1. The third-order valence-electron chi connectivity index (χ3n) is 6.86. The summed E-state index contributed by atoms with van der Waals surface area (Å²) in [6.45, 7) is 4.00. The fourth-order valence-corrected chi connectivity index (χ4v) is 5.09. The first-order valence-electron chi connectivity index (χ1n) is 12.3. The molecule has 184 valence electrons. The van der Waals surface area contributed by atoms with Crippen LogP contribution in [0.4, 0.5) is 0 Å². The van der Waals surface area contributed by atoms with Crippen LogP contribution in [-0.4, -0.2) is 41.6 Å². The summed E-state index contributed by atoms with van der Waals surface area (Å²) in [7, 11) is 0. The molecule has 0 amide bonds. The van der Waals surface area contributed by atoms with Gasteiger partial charge in [-0.2, -0.15) is 5.10 Å². The SMILES string of the molecule is CC(C)(O)CCn1nc(C2=C(c3cn(-c4cccnc4)c4ccccc34)C(=O)CC2=O)c2ccccc21. The predicted octanol–water partition coefficient (Wildman–Crippen LogP) is 4.99. The van der Waals surface area contributed by atoms with Gasteiger partial charge in [-0.05, 0) is 44.5 Å². The Morgan fingerprint density at radius 1 is 0.892 bits per heavy atom. The summed E-state index contributed by atoms with van der Waals surface area (Å²) in [6, 6.07) is 19.4. The fraction of sp³-hybridized carbons (Fsp3) is 0.200. The molecule has 0 aliphatic heterocycles. The molecule has 0 fully saturated rings. The van der Waals surface area contributed by atoms with Gasteiger partial charge in [0, 0.05) is 40.8 Å². The molecule has 5 aromatic rings. The number of aromatic nitrogens is 4. The number of benzene rings is 2. The van der Waals surface area contributed by atoms with Gasteiger partial charge >= 0.3 is 0 Å². The van der Waals surface area contributed by atoms with Crippen molar-refractivity contribution in [3.8, 4) is 5.69 Å². The Morgan fingerprint density at radius 3 is 2.32 bits per heavy atom. The number of rotatable bonds is 6. The Labute approximate surface area is 213 Å². The van der Waals surface area contributed by atoms with E-state index in [1.54, 1.807) is 26.2 Å². The van der Waals surface area contributed by atoms with Crippen LogP contribution in [0.5, 0.6) is 0 Å². The normalized spacial score (nSPS) is 14.5. The number of carbonyl (C=O) groups is 2. The molecule has 3 heterocycles. The maximum absolute atomic E-state index is 13.4. The summed E-state index contributed by atoms with van der Waals surface area (Å²) in [6.07, 6.45) is 5.72. The minimum absolute atomic E-state index is 0.179. The van der Waals surface area contributed by atoms with Crippen molar-refractivity contribution < 1.29 is 14.7 Å². The first-order valence-corrected chi connectivity index (χ1v) is 12.3. The van der Waals surface area contributed by atoms with Crippen LogP contribution in [0.25, 0.3) is 38.6 Å². The molecule has 0 saturated carbocycles. The number of aliphatic hydroxyl groups is 1. The molecule has 0 spiro atoms. The van der Waals surface area contributed by atoms with Gasteiger partial charge in [-0.3, -0.25) is 19.3 Å². The molecule has 0 unspecified atom stereocenters. The zero-order valence-electron chi connectivity index (χ0n) is 20.7. The number of aryl methyl sites for hydroxylation is 1. The molecule has 7 nitrogen and oxygen atoms in total. The van der Waals surface area contributed by atoms with E-state index in [1.165, 1.54) is 0 Å². The lowest BCUT2D eigenvalue weighted by Gasteiger charge is -2.16. The Hall–Kier alpha value is -4.36. The number of pyridine rings is 1. The highest BCUT2D eigenvalue weighted by molar-refractivity contribution is 6.52. The molecule has 6 rings (SSSR count). The molecule has 37 heavy (non-hydrogen) atoms. The summed E-state index contributed by atoms with van der Waals surface area (Å²) < 4.78 is 3.82. The number of fused-ring (bicyclic) bond motifs is 2. The summed E-state index contributed by atoms with van der Waals surface area (Å²) in [4.78, 5) is 31.0. The summed E-state index contributed by atoms with van der Waals surface area (Å²) >= 11 is 0. The molecule has 7 heteroatoms. The van der Waals surface area contributed by atoms with E-state index in [2.05, 4.69) is 4.98 Å². The highest BCUT2D eigenvalue weighted by Gasteiger charge is 2.36. The van der Waals surface area contributed by atoms with Crippen molar-refractivity contribution in [1.82, 2.24) is 19.3 Å². The van der Waals surface area contributed by atoms with Gasteiger partial charge < -0.3 is 9.67 Å². The molecule has 0 atom stereocenters. The standard InChI is InChI=1S/C30H26N4O3/c1-30(2,37)13-15-34-24-12-6-4-10-21(24)29(32-34)28-26(36)16-25(35)27(28)22-18-33(19-8-7-14-31-17-19)23-11-5-3-9-20(22)23/h3-12,14,17-18,37H,13,15-16H2,1-2H3. The Bertz CT molecular complexity index is 1720. The average molecular weight is 491 g/mol. The largest absolute Gasteiger partial charge is 0.390 e. The van der Waals surface area contributed by atoms with Gasteiger partial charge in [-0.1, -0.05) is 36.4 Å². The van der Waals surface area contributed by atoms with E-state index in [0.717, 1.165) is 27.5 Å². The van der Waals surface area contributed by atoms with Gasteiger partial charge in [-0.15, -0.1) is 0 Å². The maximum Gasteiger partial charge on any atom is 0.173 e. The third-order valence-corrected chi connectivity index (χ3v) is 6.86. The van der Waals surface area contributed by atoms with Crippen LogP contribution < -0.4 is 0 Å². The van der Waals surface area contributed by atoms with E-state index in [1.807, 2.05) is 76.1 Å². The second-order valence-corrected chi connectivity index (χ2v) is 10.1. The van der Waals surface area contributed by atoms with Crippen LogP contribution in [0.2, 0.25) is 0 Å². The monoisotopic (exact) mass is 490 g/mol. The first-order chi connectivity index (χ1) is 17.8. The van der Waals surface area contributed by atoms with E-state index < -0.39 is 5.60 Å². The molecule has 1 N–H and O–H groups in total. The number of nitrogens with zero attached hydrogens (tertiary/aromatic N) is 4. The molecule has 3 aromatic heterocycles. The number of para-hydroxylation sites is 2. The smallest absolute Gasteiger partial charge is 0.173 e. The topological polar surface area (TPSA) is 90.0 Å². The van der Waals surface area contributed by atoms with Gasteiger partial charge in [0.1, 0.15) is 5.69 Å². The van der Waals surface area contributed by atoms with Gasteiger partial charge in [0.15, 0.2) is 11.6 Å². The van der Waals surface area contributed by atoms with Crippen LogP contribution in [0.3, 0.4) is 0 Å². The number of hydrogen-bond acceptors (Lipinski definition) is 5. The van der Waals surface area contributed by atoms with E-state index in [4.69, 9.17) is 5.10 Å². The van der Waals surface area contributed by atoms with Gasteiger partial charge in [0.25, 0.3) is 0 Å². The van der Waals surface area contributed by atoms with E-state index in [9.17, 15) is 14.7 Å². The lowest BCUT2D eigenvalue weighted by atomic mass is 9.97.